The first-order valence-electron chi connectivity index (χ1n) is 5.07. The predicted octanol–water partition coefficient (Wildman–Crippen LogP) is 3.84. The lowest BCUT2D eigenvalue weighted by molar-refractivity contribution is 0.625. The largest absolute Gasteiger partial charge is 0.268 e. The maximum absolute atomic E-state index is 13.2. The zero-order valence-corrected chi connectivity index (χ0v) is 10.8. The van der Waals surface area contributed by atoms with Crippen molar-refractivity contribution < 1.29 is 4.39 Å². The third-order valence-electron chi connectivity index (χ3n) is 2.31. The maximum Gasteiger partial charge on any atom is 0.229 e. The Balaban J connectivity index is 2.67. The van der Waals surface area contributed by atoms with Crippen LogP contribution in [0.5, 0.6) is 0 Å². The Labute approximate surface area is 108 Å². The van der Waals surface area contributed by atoms with Gasteiger partial charge in [0.15, 0.2) is 0 Å². The van der Waals surface area contributed by atoms with E-state index in [9.17, 15) is 4.39 Å². The van der Waals surface area contributed by atoms with Crippen LogP contribution >= 0.6 is 23.2 Å². The smallest absolute Gasteiger partial charge is 0.229 e. The number of nitrogens with zero attached hydrogens (tertiary/aromatic N) is 3. The van der Waals surface area contributed by atoms with E-state index in [0.29, 0.717) is 16.5 Å². The molecule has 6 heteroatoms. The van der Waals surface area contributed by atoms with Crippen molar-refractivity contribution in [2.45, 2.75) is 19.8 Å². The number of hydrogen-bond donors (Lipinski definition) is 0. The van der Waals surface area contributed by atoms with Crippen LogP contribution in [0.2, 0.25) is 10.3 Å². The Morgan fingerprint density at radius 1 is 1.24 bits per heavy atom. The van der Waals surface area contributed by atoms with Gasteiger partial charge in [-0.2, -0.15) is 0 Å². The third kappa shape index (κ3) is 2.28. The van der Waals surface area contributed by atoms with Crippen LogP contribution in [0.3, 0.4) is 0 Å². The summed E-state index contributed by atoms with van der Waals surface area (Å²) < 4.78 is 14.8. The van der Waals surface area contributed by atoms with E-state index in [4.69, 9.17) is 23.2 Å². The number of hydrogen-bond acceptors (Lipinski definition) is 2. The lowest BCUT2D eigenvalue weighted by Crippen LogP contribution is -2.04. The minimum atomic E-state index is -0.385. The van der Waals surface area contributed by atoms with Gasteiger partial charge in [0.2, 0.25) is 5.28 Å². The average molecular weight is 274 g/mol. The van der Waals surface area contributed by atoms with E-state index in [1.807, 2.05) is 13.8 Å². The minimum Gasteiger partial charge on any atom is -0.268 e. The summed E-state index contributed by atoms with van der Waals surface area (Å²) in [6, 6.07) is 4.08. The molecule has 1 aromatic heterocycles. The molecule has 2 rings (SSSR count). The normalized spacial score (nSPS) is 11.2. The van der Waals surface area contributed by atoms with Gasteiger partial charge >= 0.3 is 0 Å². The number of benzene rings is 1. The topological polar surface area (TPSA) is 30.7 Å². The fraction of sp³-hybridized carbons (Fsp3) is 0.273. The van der Waals surface area contributed by atoms with Crippen molar-refractivity contribution in [2.24, 2.45) is 0 Å². The molecule has 1 aromatic carbocycles. The van der Waals surface area contributed by atoms with Gasteiger partial charge in [0.1, 0.15) is 11.6 Å². The molecule has 0 radical (unpaired) electrons. The quantitative estimate of drug-likeness (QED) is 0.833. The van der Waals surface area contributed by atoms with Crippen LogP contribution in [0.4, 0.5) is 4.39 Å². The third-order valence-corrected chi connectivity index (χ3v) is 2.88. The lowest BCUT2D eigenvalue weighted by atomic mass is 10.2. The summed E-state index contributed by atoms with van der Waals surface area (Å²) >= 11 is 12.0. The maximum atomic E-state index is 13.2. The fourth-order valence-corrected chi connectivity index (χ4v) is 1.95. The lowest BCUT2D eigenvalue weighted by Gasteiger charge is -2.11. The second-order valence-electron chi connectivity index (χ2n) is 3.91. The molecule has 0 aliphatic carbocycles. The second kappa shape index (κ2) is 4.63. The van der Waals surface area contributed by atoms with Crippen LogP contribution in [-0.4, -0.2) is 14.8 Å². The highest BCUT2D eigenvalue weighted by Crippen LogP contribution is 2.28. The Morgan fingerprint density at radius 3 is 2.59 bits per heavy atom. The predicted molar refractivity (Wildman–Crippen MR) is 65.4 cm³/mol. The molecule has 1 heterocycles. The highest BCUT2D eigenvalue weighted by Gasteiger charge is 2.17. The first kappa shape index (κ1) is 12.3. The van der Waals surface area contributed by atoms with Crippen molar-refractivity contribution in [3.8, 4) is 5.69 Å². The van der Waals surface area contributed by atoms with Gasteiger partial charge in [-0.05, 0) is 29.8 Å². The molecule has 0 bridgehead atoms. The molecule has 2 aromatic rings. The fourth-order valence-electron chi connectivity index (χ4n) is 1.53. The molecule has 90 valence electrons. The Hall–Kier alpha value is -1.13. The Bertz CT molecular complexity index is 552. The summed E-state index contributed by atoms with van der Waals surface area (Å²) in [6.45, 7) is 3.90. The van der Waals surface area contributed by atoms with Crippen LogP contribution in [0, 0.1) is 5.82 Å². The zero-order valence-electron chi connectivity index (χ0n) is 9.28. The summed E-state index contributed by atoms with van der Waals surface area (Å²) in [7, 11) is 0. The molecular weight excluding hydrogens is 264 g/mol. The molecule has 3 nitrogen and oxygen atoms in total. The first-order chi connectivity index (χ1) is 8.00. The highest BCUT2D eigenvalue weighted by atomic mass is 35.5. The second-order valence-corrected chi connectivity index (χ2v) is 4.66. The molecule has 0 saturated heterocycles. The molecule has 0 atom stereocenters. The molecule has 0 saturated carbocycles. The van der Waals surface area contributed by atoms with Gasteiger partial charge < -0.3 is 0 Å². The van der Waals surface area contributed by atoms with E-state index in [-0.39, 0.29) is 17.0 Å². The summed E-state index contributed by atoms with van der Waals surface area (Å²) in [5.74, 6) is 0.362. The molecule has 0 amide bonds. The van der Waals surface area contributed by atoms with E-state index in [0.717, 1.165) is 0 Å². The monoisotopic (exact) mass is 273 g/mol. The minimum absolute atomic E-state index is 0.106. The van der Waals surface area contributed by atoms with E-state index < -0.39 is 0 Å². The summed E-state index contributed by atoms with van der Waals surface area (Å²) in [5.41, 5.74) is 0.449. The van der Waals surface area contributed by atoms with Crippen molar-refractivity contribution in [2.75, 3.05) is 0 Å². The van der Waals surface area contributed by atoms with E-state index >= 15 is 0 Å². The van der Waals surface area contributed by atoms with Crippen LogP contribution in [-0.2, 0) is 0 Å². The van der Waals surface area contributed by atoms with Crippen molar-refractivity contribution >= 4 is 23.2 Å². The molecule has 0 fully saturated rings. The Kier molecular flexibility index (Phi) is 3.35. The number of rotatable bonds is 2. The average Bonchev–Trinajstić information content (AvgIpc) is 2.64. The standard InChI is InChI=1S/C11H10Cl2FN3/c1-6(2)10-15-16-11(13)17(10)9-5-7(14)3-4-8(9)12/h3-6H,1-2H3. The molecule has 0 spiro atoms. The SMILES string of the molecule is CC(C)c1nnc(Cl)n1-c1cc(F)ccc1Cl. The van der Waals surface area contributed by atoms with Gasteiger partial charge in [0.25, 0.3) is 0 Å². The van der Waals surface area contributed by atoms with Crippen LogP contribution < -0.4 is 0 Å². The van der Waals surface area contributed by atoms with Gasteiger partial charge in [-0.25, -0.2) is 4.39 Å². The molecular formula is C11H10Cl2FN3. The molecule has 0 N–H and O–H groups in total. The van der Waals surface area contributed by atoms with Crippen LogP contribution in [0.15, 0.2) is 18.2 Å². The van der Waals surface area contributed by atoms with Crippen molar-refractivity contribution in [1.29, 1.82) is 0 Å². The zero-order chi connectivity index (χ0) is 12.6. The van der Waals surface area contributed by atoms with Crippen LogP contribution in [0.25, 0.3) is 5.69 Å². The summed E-state index contributed by atoms with van der Waals surface area (Å²) in [6.07, 6.45) is 0. The van der Waals surface area contributed by atoms with Crippen molar-refractivity contribution in [3.63, 3.8) is 0 Å². The van der Waals surface area contributed by atoms with Crippen molar-refractivity contribution in [1.82, 2.24) is 14.8 Å². The first-order valence-corrected chi connectivity index (χ1v) is 5.82. The molecule has 17 heavy (non-hydrogen) atoms. The molecule has 0 aliphatic heterocycles. The van der Waals surface area contributed by atoms with Gasteiger partial charge in [0, 0.05) is 5.92 Å². The number of halogens is 3. The summed E-state index contributed by atoms with van der Waals surface area (Å²) in [4.78, 5) is 0. The molecule has 0 aliphatic rings. The van der Waals surface area contributed by atoms with Crippen LogP contribution in [0.1, 0.15) is 25.6 Å². The van der Waals surface area contributed by atoms with Gasteiger partial charge in [-0.1, -0.05) is 25.4 Å². The van der Waals surface area contributed by atoms with Gasteiger partial charge in [0.05, 0.1) is 10.7 Å². The van der Waals surface area contributed by atoms with Gasteiger partial charge in [-0.3, -0.25) is 4.57 Å². The Morgan fingerprint density at radius 2 is 1.94 bits per heavy atom. The molecule has 0 unspecified atom stereocenters. The van der Waals surface area contributed by atoms with E-state index in [1.54, 1.807) is 4.57 Å². The number of aromatic nitrogens is 3. The van der Waals surface area contributed by atoms with Gasteiger partial charge in [-0.15, -0.1) is 10.2 Å². The highest BCUT2D eigenvalue weighted by molar-refractivity contribution is 6.33. The summed E-state index contributed by atoms with van der Waals surface area (Å²) in [5, 5.41) is 8.31. The van der Waals surface area contributed by atoms with Crippen molar-refractivity contribution in [3.05, 3.63) is 40.1 Å². The van der Waals surface area contributed by atoms with E-state index in [1.165, 1.54) is 18.2 Å². The van der Waals surface area contributed by atoms with E-state index in [2.05, 4.69) is 10.2 Å².